The third kappa shape index (κ3) is 4.70. The molecule has 1 fully saturated rings. The molecule has 1 aliphatic heterocycles. The van der Waals surface area contributed by atoms with E-state index >= 15 is 0 Å². The highest BCUT2D eigenvalue weighted by Gasteiger charge is 2.23. The minimum atomic E-state index is -0.661. The van der Waals surface area contributed by atoms with Crippen LogP contribution in [0.1, 0.15) is 12.0 Å². The number of benzene rings is 2. The first-order valence-corrected chi connectivity index (χ1v) is 10.7. The molecule has 1 saturated heterocycles. The average molecular weight is 455 g/mol. The highest BCUT2D eigenvalue weighted by molar-refractivity contribution is 6.35. The second kappa shape index (κ2) is 9.57. The maximum Gasteiger partial charge on any atom is 0.419 e. The van der Waals surface area contributed by atoms with E-state index in [1.165, 1.54) is 4.57 Å². The summed E-state index contributed by atoms with van der Waals surface area (Å²) < 4.78 is 12.1. The van der Waals surface area contributed by atoms with Gasteiger partial charge in [0.2, 0.25) is 0 Å². The Kier molecular flexibility index (Phi) is 6.61. The van der Waals surface area contributed by atoms with Crippen molar-refractivity contribution >= 4 is 28.6 Å². The Balaban J connectivity index is 1.47. The maximum absolute atomic E-state index is 12.4. The van der Waals surface area contributed by atoms with Crippen LogP contribution in [0.4, 0.5) is 0 Å². The van der Waals surface area contributed by atoms with Crippen LogP contribution in [0.3, 0.4) is 0 Å². The fraction of sp³-hybridized carbons (Fsp3) is 0.348. The molecule has 1 amide bonds. The summed E-state index contributed by atoms with van der Waals surface area (Å²) in [6.07, 6.45) is 0.639. The molecular weight excluding hydrogens is 432 g/mol. The molecule has 3 aromatic rings. The number of carbonyl (C=O) groups is 1. The van der Waals surface area contributed by atoms with Crippen molar-refractivity contribution in [1.29, 1.82) is 5.26 Å². The molecule has 2 heterocycles. The SMILES string of the molecule is Cn1c(=O)oc2c(Cl)cc(-c3ccc(C[C@@H](C#N)NC(=O)C4CNCCCO4)cc3)cc21. The number of fused-ring (bicyclic) bond motifs is 1. The molecule has 1 aromatic heterocycles. The number of nitriles is 1. The lowest BCUT2D eigenvalue weighted by molar-refractivity contribution is -0.132. The van der Waals surface area contributed by atoms with Crippen molar-refractivity contribution in [3.8, 4) is 17.2 Å². The van der Waals surface area contributed by atoms with Crippen LogP contribution in [0.5, 0.6) is 0 Å². The van der Waals surface area contributed by atoms with Gasteiger partial charge in [-0.2, -0.15) is 5.26 Å². The molecule has 32 heavy (non-hydrogen) atoms. The second-order valence-corrected chi connectivity index (χ2v) is 8.15. The molecule has 166 valence electrons. The Morgan fingerprint density at radius 2 is 2.12 bits per heavy atom. The molecule has 0 bridgehead atoms. The number of aromatic nitrogens is 1. The molecule has 0 radical (unpaired) electrons. The van der Waals surface area contributed by atoms with Gasteiger partial charge >= 0.3 is 5.76 Å². The van der Waals surface area contributed by atoms with Crippen molar-refractivity contribution in [2.75, 3.05) is 19.7 Å². The molecule has 2 atom stereocenters. The van der Waals surface area contributed by atoms with Gasteiger partial charge in [-0.3, -0.25) is 9.36 Å². The predicted molar refractivity (Wildman–Crippen MR) is 120 cm³/mol. The Bertz CT molecular complexity index is 1220. The van der Waals surface area contributed by atoms with E-state index in [0.29, 0.717) is 35.7 Å². The fourth-order valence-electron chi connectivity index (χ4n) is 3.70. The van der Waals surface area contributed by atoms with Gasteiger partial charge in [-0.25, -0.2) is 4.79 Å². The van der Waals surface area contributed by atoms with Crippen LogP contribution in [0.15, 0.2) is 45.6 Å². The first-order chi connectivity index (χ1) is 15.5. The number of rotatable bonds is 5. The zero-order valence-corrected chi connectivity index (χ0v) is 18.3. The smallest absolute Gasteiger partial charge is 0.406 e. The number of amides is 1. The third-order valence-electron chi connectivity index (χ3n) is 5.49. The third-order valence-corrected chi connectivity index (χ3v) is 5.77. The van der Waals surface area contributed by atoms with E-state index in [9.17, 15) is 14.9 Å². The summed E-state index contributed by atoms with van der Waals surface area (Å²) in [4.78, 5) is 24.2. The van der Waals surface area contributed by atoms with Crippen LogP contribution in [0.2, 0.25) is 5.02 Å². The normalized spacial score (nSPS) is 17.5. The van der Waals surface area contributed by atoms with Crippen molar-refractivity contribution in [2.45, 2.75) is 25.0 Å². The largest absolute Gasteiger partial charge is 0.419 e. The number of hydrogen-bond donors (Lipinski definition) is 2. The van der Waals surface area contributed by atoms with Crippen LogP contribution in [0.25, 0.3) is 22.2 Å². The van der Waals surface area contributed by atoms with Crippen LogP contribution >= 0.6 is 11.6 Å². The number of halogens is 1. The lowest BCUT2D eigenvalue weighted by Gasteiger charge is -2.18. The number of oxazole rings is 1. The summed E-state index contributed by atoms with van der Waals surface area (Å²) in [5.41, 5.74) is 3.63. The first-order valence-electron chi connectivity index (χ1n) is 10.4. The lowest BCUT2D eigenvalue weighted by Crippen LogP contribution is -2.46. The summed E-state index contributed by atoms with van der Waals surface area (Å²) in [5.74, 6) is -0.750. The highest BCUT2D eigenvalue weighted by atomic mass is 35.5. The molecule has 9 heteroatoms. The van der Waals surface area contributed by atoms with Gasteiger partial charge < -0.3 is 19.8 Å². The lowest BCUT2D eigenvalue weighted by atomic mass is 10.0. The molecule has 2 N–H and O–H groups in total. The summed E-state index contributed by atoms with van der Waals surface area (Å²) in [5, 5.41) is 15.8. The van der Waals surface area contributed by atoms with Crippen LogP contribution < -0.4 is 16.4 Å². The van der Waals surface area contributed by atoms with Crippen molar-refractivity contribution in [3.05, 3.63) is 57.5 Å². The van der Waals surface area contributed by atoms with Gasteiger partial charge in [-0.15, -0.1) is 0 Å². The Morgan fingerprint density at radius 3 is 2.88 bits per heavy atom. The molecule has 0 saturated carbocycles. The monoisotopic (exact) mass is 454 g/mol. The van der Waals surface area contributed by atoms with Gasteiger partial charge in [0, 0.05) is 26.6 Å². The van der Waals surface area contributed by atoms with Crippen LogP contribution in [0, 0.1) is 11.3 Å². The van der Waals surface area contributed by atoms with Crippen molar-refractivity contribution < 1.29 is 13.9 Å². The summed E-state index contributed by atoms with van der Waals surface area (Å²) in [6.45, 7) is 1.77. The maximum atomic E-state index is 12.4. The minimum Gasteiger partial charge on any atom is -0.406 e. The van der Waals surface area contributed by atoms with Gasteiger partial charge in [0.05, 0.1) is 16.6 Å². The molecular formula is C23H23ClN4O4. The van der Waals surface area contributed by atoms with E-state index < -0.39 is 17.9 Å². The van der Waals surface area contributed by atoms with Crippen molar-refractivity contribution in [2.24, 2.45) is 7.05 Å². The summed E-state index contributed by atoms with van der Waals surface area (Å²) >= 11 is 6.30. The van der Waals surface area contributed by atoms with Crippen LogP contribution in [-0.4, -0.2) is 42.3 Å². The van der Waals surface area contributed by atoms with Gasteiger partial charge in [0.25, 0.3) is 5.91 Å². The van der Waals surface area contributed by atoms with E-state index in [1.807, 2.05) is 30.3 Å². The van der Waals surface area contributed by atoms with Gasteiger partial charge in [-0.1, -0.05) is 35.9 Å². The molecule has 1 aliphatic rings. The molecule has 0 aliphatic carbocycles. The standard InChI is InChI=1S/C23H23ClN4O4/c1-28-19-11-16(10-18(24)21(19)32-23(28)30)15-5-3-14(4-6-15)9-17(12-25)27-22(29)20-13-26-7-2-8-31-20/h3-6,10-11,17,20,26H,2,7-9,13H2,1H3,(H,27,29)/t17-,20?/m0/s1. The zero-order chi connectivity index (χ0) is 22.7. The number of carbonyl (C=O) groups excluding carboxylic acids is 1. The number of nitrogens with one attached hydrogen (secondary N) is 2. The summed E-state index contributed by atoms with van der Waals surface area (Å²) in [7, 11) is 1.63. The Labute approximate surface area is 189 Å². The van der Waals surface area contributed by atoms with Gasteiger partial charge in [0.1, 0.15) is 12.1 Å². The van der Waals surface area contributed by atoms with Gasteiger partial charge in [-0.05, 0) is 41.8 Å². The molecule has 1 unspecified atom stereocenters. The highest BCUT2D eigenvalue weighted by Crippen LogP contribution is 2.30. The van der Waals surface area contributed by atoms with Gasteiger partial charge in [0.15, 0.2) is 5.58 Å². The number of ether oxygens (including phenoxy) is 1. The number of hydrogen-bond acceptors (Lipinski definition) is 6. The minimum absolute atomic E-state index is 0.281. The second-order valence-electron chi connectivity index (χ2n) is 7.74. The summed E-state index contributed by atoms with van der Waals surface area (Å²) in [6, 6.07) is 12.7. The first kappa shape index (κ1) is 22.1. The molecule has 2 aromatic carbocycles. The van der Waals surface area contributed by atoms with E-state index in [4.69, 9.17) is 20.8 Å². The number of aryl methyl sites for hydroxylation is 1. The topological polar surface area (TPSA) is 109 Å². The van der Waals surface area contributed by atoms with E-state index in [-0.39, 0.29) is 5.91 Å². The fourth-order valence-corrected chi connectivity index (χ4v) is 3.95. The van der Waals surface area contributed by atoms with E-state index in [0.717, 1.165) is 29.7 Å². The van der Waals surface area contributed by atoms with E-state index in [1.54, 1.807) is 13.1 Å². The van der Waals surface area contributed by atoms with Crippen LogP contribution in [-0.2, 0) is 23.0 Å². The number of nitrogens with zero attached hydrogens (tertiary/aromatic N) is 2. The zero-order valence-electron chi connectivity index (χ0n) is 17.6. The molecule has 0 spiro atoms. The Morgan fingerprint density at radius 1 is 1.34 bits per heavy atom. The van der Waals surface area contributed by atoms with Crippen molar-refractivity contribution in [1.82, 2.24) is 15.2 Å². The van der Waals surface area contributed by atoms with E-state index in [2.05, 4.69) is 16.7 Å². The predicted octanol–water partition coefficient (Wildman–Crippen LogP) is 2.38. The Hall–Kier alpha value is -3.12. The quantitative estimate of drug-likeness (QED) is 0.612. The van der Waals surface area contributed by atoms with Crippen molar-refractivity contribution in [3.63, 3.8) is 0 Å². The molecule has 4 rings (SSSR count). The average Bonchev–Trinajstić information content (AvgIpc) is 2.98. The molecule has 8 nitrogen and oxygen atoms in total.